The molecule has 1 aliphatic rings. The largest absolute Gasteiger partial charge is 0.339 e. The van der Waals surface area contributed by atoms with Crippen LogP contribution in [-0.4, -0.2) is 33.9 Å². The molecule has 1 aromatic carbocycles. The lowest BCUT2D eigenvalue weighted by Gasteiger charge is -2.31. The van der Waals surface area contributed by atoms with Gasteiger partial charge in [0, 0.05) is 24.6 Å². The third-order valence-electron chi connectivity index (χ3n) is 4.45. The monoisotopic (exact) mass is 391 g/mol. The van der Waals surface area contributed by atoms with Crippen molar-refractivity contribution in [1.29, 1.82) is 0 Å². The van der Waals surface area contributed by atoms with E-state index in [4.69, 9.17) is 28.2 Å². The zero-order valence-electron chi connectivity index (χ0n) is 13.3. The second-order valence-electron chi connectivity index (χ2n) is 6.09. The van der Waals surface area contributed by atoms with Crippen LogP contribution in [0.2, 0.25) is 10.3 Å². The van der Waals surface area contributed by atoms with E-state index < -0.39 is 0 Å². The lowest BCUT2D eigenvalue weighted by molar-refractivity contribution is 0.0713. The van der Waals surface area contributed by atoms with Crippen LogP contribution >= 0.6 is 34.5 Å². The average molecular weight is 392 g/mol. The predicted octanol–water partition coefficient (Wildman–Crippen LogP) is 5.02. The van der Waals surface area contributed by atoms with Crippen LogP contribution in [0.4, 0.5) is 0 Å². The van der Waals surface area contributed by atoms with Crippen LogP contribution in [0, 0.1) is 0 Å². The Labute approximate surface area is 159 Å². The minimum Gasteiger partial charge on any atom is -0.339 e. The first-order valence-corrected chi connectivity index (χ1v) is 9.65. The summed E-state index contributed by atoms with van der Waals surface area (Å²) in [6.07, 6.45) is 1.83. The number of aromatic nitrogens is 2. The van der Waals surface area contributed by atoms with Crippen LogP contribution in [0.25, 0.3) is 10.2 Å². The highest BCUT2D eigenvalue weighted by Crippen LogP contribution is 2.34. The summed E-state index contributed by atoms with van der Waals surface area (Å²) in [4.78, 5) is 23.2. The summed E-state index contributed by atoms with van der Waals surface area (Å²) < 4.78 is 1.22. The number of amides is 1. The van der Waals surface area contributed by atoms with Crippen molar-refractivity contribution in [2.75, 3.05) is 13.1 Å². The molecule has 3 heterocycles. The van der Waals surface area contributed by atoms with Gasteiger partial charge in [-0.3, -0.25) is 4.79 Å². The summed E-state index contributed by atoms with van der Waals surface area (Å²) in [5.74, 6) is 0.361. The van der Waals surface area contributed by atoms with Crippen molar-refractivity contribution < 1.29 is 4.79 Å². The summed E-state index contributed by atoms with van der Waals surface area (Å²) in [5, 5.41) is 1.64. The molecule has 4 rings (SSSR count). The summed E-state index contributed by atoms with van der Waals surface area (Å²) >= 11 is 13.6. The van der Waals surface area contributed by atoms with E-state index in [0.29, 0.717) is 24.6 Å². The van der Waals surface area contributed by atoms with Crippen molar-refractivity contribution >= 4 is 50.7 Å². The van der Waals surface area contributed by atoms with Crippen molar-refractivity contribution in [1.82, 2.24) is 14.9 Å². The maximum Gasteiger partial charge on any atom is 0.254 e. The van der Waals surface area contributed by atoms with Gasteiger partial charge in [0.25, 0.3) is 5.91 Å². The Morgan fingerprint density at radius 1 is 1.08 bits per heavy atom. The first-order chi connectivity index (χ1) is 12.1. The Kier molecular flexibility index (Phi) is 4.63. The molecule has 1 aliphatic heterocycles. The first-order valence-electron chi connectivity index (χ1n) is 8.08. The number of hydrogen-bond acceptors (Lipinski definition) is 4. The standard InChI is InChI=1S/C18H15Cl2N3OS/c19-15-9-12(10-16(20)22-15)18(24)23-7-5-11(6-8-23)17-21-13-3-1-2-4-14(13)25-17/h1-4,9-11H,5-8H2. The van der Waals surface area contributed by atoms with E-state index in [2.05, 4.69) is 11.1 Å². The molecule has 0 radical (unpaired) electrons. The molecule has 7 heteroatoms. The number of nitrogens with zero attached hydrogens (tertiary/aromatic N) is 3. The highest BCUT2D eigenvalue weighted by Gasteiger charge is 2.26. The second kappa shape index (κ2) is 6.90. The lowest BCUT2D eigenvalue weighted by atomic mass is 9.97. The SMILES string of the molecule is O=C(c1cc(Cl)nc(Cl)c1)N1CCC(c2nc3ccccc3s2)CC1. The van der Waals surface area contributed by atoms with Gasteiger partial charge in [-0.2, -0.15) is 0 Å². The van der Waals surface area contributed by atoms with Gasteiger partial charge in [0.15, 0.2) is 0 Å². The van der Waals surface area contributed by atoms with Gasteiger partial charge >= 0.3 is 0 Å². The van der Waals surface area contributed by atoms with E-state index in [1.54, 1.807) is 23.5 Å². The summed E-state index contributed by atoms with van der Waals surface area (Å²) in [6, 6.07) is 11.3. The van der Waals surface area contributed by atoms with Gasteiger partial charge in [-0.15, -0.1) is 11.3 Å². The molecule has 0 atom stereocenters. The number of carbonyl (C=O) groups is 1. The maximum absolute atomic E-state index is 12.7. The van der Waals surface area contributed by atoms with Gasteiger partial charge < -0.3 is 4.90 Å². The summed E-state index contributed by atoms with van der Waals surface area (Å²) in [7, 11) is 0. The van der Waals surface area contributed by atoms with Crippen molar-refractivity contribution in [3.8, 4) is 0 Å². The number of likely N-dealkylation sites (tertiary alicyclic amines) is 1. The quantitative estimate of drug-likeness (QED) is 0.576. The molecule has 25 heavy (non-hydrogen) atoms. The Hall–Kier alpha value is -1.69. The molecule has 2 aromatic heterocycles. The molecule has 4 nitrogen and oxygen atoms in total. The van der Waals surface area contributed by atoms with Gasteiger partial charge in [-0.05, 0) is 37.1 Å². The average Bonchev–Trinajstić information content (AvgIpc) is 3.04. The zero-order chi connectivity index (χ0) is 17.4. The number of hydrogen-bond donors (Lipinski definition) is 0. The number of fused-ring (bicyclic) bond motifs is 1. The lowest BCUT2D eigenvalue weighted by Crippen LogP contribution is -2.37. The third kappa shape index (κ3) is 3.50. The van der Waals surface area contributed by atoms with E-state index >= 15 is 0 Å². The molecule has 1 amide bonds. The summed E-state index contributed by atoms with van der Waals surface area (Å²) in [5.41, 5.74) is 1.55. The third-order valence-corrected chi connectivity index (χ3v) is 6.04. The predicted molar refractivity (Wildman–Crippen MR) is 102 cm³/mol. The Morgan fingerprint density at radius 3 is 2.44 bits per heavy atom. The molecule has 0 N–H and O–H groups in total. The highest BCUT2D eigenvalue weighted by atomic mass is 35.5. The van der Waals surface area contributed by atoms with E-state index in [9.17, 15) is 4.79 Å². The van der Waals surface area contributed by atoms with Crippen LogP contribution in [0.5, 0.6) is 0 Å². The molecule has 0 unspecified atom stereocenters. The van der Waals surface area contributed by atoms with E-state index in [-0.39, 0.29) is 16.2 Å². The fourth-order valence-corrected chi connectivity index (χ4v) is 4.76. The molecule has 3 aromatic rings. The van der Waals surface area contributed by atoms with E-state index in [1.165, 1.54) is 9.71 Å². The topological polar surface area (TPSA) is 46.1 Å². The molecule has 1 fully saturated rings. The molecule has 0 aliphatic carbocycles. The van der Waals surface area contributed by atoms with Gasteiger partial charge in [-0.25, -0.2) is 9.97 Å². The number of benzene rings is 1. The van der Waals surface area contributed by atoms with E-state index in [1.807, 2.05) is 23.1 Å². The number of pyridine rings is 1. The fraction of sp³-hybridized carbons (Fsp3) is 0.278. The number of thiazole rings is 1. The van der Waals surface area contributed by atoms with Gasteiger partial charge in [-0.1, -0.05) is 35.3 Å². The number of halogens is 2. The van der Waals surface area contributed by atoms with Crippen molar-refractivity contribution in [2.24, 2.45) is 0 Å². The number of piperidine rings is 1. The highest BCUT2D eigenvalue weighted by molar-refractivity contribution is 7.18. The minimum atomic E-state index is -0.0473. The van der Waals surface area contributed by atoms with Crippen LogP contribution in [0.1, 0.15) is 34.1 Å². The molecule has 0 bridgehead atoms. The normalized spacial score (nSPS) is 15.7. The zero-order valence-corrected chi connectivity index (χ0v) is 15.6. The molecule has 1 saturated heterocycles. The molecule has 0 spiro atoms. The van der Waals surface area contributed by atoms with Crippen LogP contribution in [-0.2, 0) is 0 Å². The Bertz CT molecular complexity index is 882. The van der Waals surface area contributed by atoms with Gasteiger partial charge in [0.2, 0.25) is 0 Å². The number of carbonyl (C=O) groups excluding carboxylic acids is 1. The number of rotatable bonds is 2. The fourth-order valence-electron chi connectivity index (χ4n) is 3.17. The van der Waals surface area contributed by atoms with E-state index in [0.717, 1.165) is 18.4 Å². The van der Waals surface area contributed by atoms with Crippen LogP contribution in [0.15, 0.2) is 36.4 Å². The van der Waals surface area contributed by atoms with Gasteiger partial charge in [0.05, 0.1) is 15.2 Å². The smallest absolute Gasteiger partial charge is 0.254 e. The van der Waals surface area contributed by atoms with Crippen molar-refractivity contribution in [3.05, 3.63) is 57.3 Å². The first kappa shape index (κ1) is 16.8. The molecule has 128 valence electrons. The second-order valence-corrected chi connectivity index (χ2v) is 7.92. The van der Waals surface area contributed by atoms with Crippen LogP contribution < -0.4 is 0 Å². The minimum absolute atomic E-state index is 0.0473. The molecular weight excluding hydrogens is 377 g/mol. The van der Waals surface area contributed by atoms with Gasteiger partial charge in [0.1, 0.15) is 10.3 Å². The Morgan fingerprint density at radius 2 is 1.76 bits per heavy atom. The number of para-hydroxylation sites is 1. The van der Waals surface area contributed by atoms with Crippen molar-refractivity contribution in [2.45, 2.75) is 18.8 Å². The summed E-state index contributed by atoms with van der Waals surface area (Å²) in [6.45, 7) is 1.41. The van der Waals surface area contributed by atoms with Crippen LogP contribution in [0.3, 0.4) is 0 Å². The molecular formula is C18H15Cl2N3OS. The Balaban J connectivity index is 1.46. The van der Waals surface area contributed by atoms with Crippen molar-refractivity contribution in [3.63, 3.8) is 0 Å². The maximum atomic E-state index is 12.7. The molecule has 0 saturated carbocycles.